The largest absolute Gasteiger partial charge is 0.486 e. The molecule has 1 heterocycles. The standard InChI is InChI=1S/C25H26N2O4/c28-24(7-3-4-18-8-11-22-23(16-18)31-15-14-30-22)26-13-12-25(29)27-21-10-9-19-5-1-2-6-20(19)17-21/h1-2,5-6,8-11,16-17H,3-4,7,12-15H2,(H,26,28)(H,27,29). The van der Waals surface area contributed by atoms with E-state index in [1.165, 1.54) is 0 Å². The Morgan fingerprint density at radius 3 is 2.48 bits per heavy atom. The van der Waals surface area contributed by atoms with Crippen LogP contribution in [0.1, 0.15) is 24.8 Å². The summed E-state index contributed by atoms with van der Waals surface area (Å²) in [7, 11) is 0. The summed E-state index contributed by atoms with van der Waals surface area (Å²) < 4.78 is 11.1. The normalized spacial score (nSPS) is 12.4. The molecule has 1 aliphatic rings. The van der Waals surface area contributed by atoms with Gasteiger partial charge >= 0.3 is 0 Å². The molecule has 0 unspecified atom stereocenters. The molecule has 6 heteroatoms. The van der Waals surface area contributed by atoms with Gasteiger partial charge in [0, 0.05) is 25.1 Å². The molecule has 0 bridgehead atoms. The van der Waals surface area contributed by atoms with Gasteiger partial charge in [-0.05, 0) is 53.4 Å². The van der Waals surface area contributed by atoms with Gasteiger partial charge in [0.25, 0.3) is 0 Å². The molecular formula is C25H26N2O4. The maximum atomic E-state index is 12.2. The van der Waals surface area contributed by atoms with Crippen molar-refractivity contribution in [3.63, 3.8) is 0 Å². The van der Waals surface area contributed by atoms with Crippen LogP contribution in [0.25, 0.3) is 10.8 Å². The monoisotopic (exact) mass is 418 g/mol. The maximum absolute atomic E-state index is 12.2. The summed E-state index contributed by atoms with van der Waals surface area (Å²) in [5.41, 5.74) is 1.88. The molecule has 0 atom stereocenters. The first kappa shape index (κ1) is 20.7. The number of rotatable bonds is 8. The van der Waals surface area contributed by atoms with Gasteiger partial charge in [0.2, 0.25) is 11.8 Å². The Bertz CT molecular complexity index is 1080. The van der Waals surface area contributed by atoms with Gasteiger partial charge in [-0.15, -0.1) is 0 Å². The Morgan fingerprint density at radius 1 is 0.806 bits per heavy atom. The maximum Gasteiger partial charge on any atom is 0.226 e. The van der Waals surface area contributed by atoms with Crippen LogP contribution in [0.3, 0.4) is 0 Å². The molecule has 6 nitrogen and oxygen atoms in total. The molecule has 0 spiro atoms. The first-order chi connectivity index (χ1) is 15.2. The van der Waals surface area contributed by atoms with Crippen LogP contribution < -0.4 is 20.1 Å². The van der Waals surface area contributed by atoms with Gasteiger partial charge in [-0.1, -0.05) is 36.4 Å². The van der Waals surface area contributed by atoms with Crippen LogP contribution in [0.5, 0.6) is 11.5 Å². The van der Waals surface area contributed by atoms with E-state index in [1.54, 1.807) is 0 Å². The number of fused-ring (bicyclic) bond motifs is 2. The van der Waals surface area contributed by atoms with E-state index in [0.717, 1.165) is 46.4 Å². The number of anilines is 1. The molecule has 0 saturated carbocycles. The van der Waals surface area contributed by atoms with Crippen molar-refractivity contribution in [3.05, 3.63) is 66.2 Å². The lowest BCUT2D eigenvalue weighted by Crippen LogP contribution is -2.27. The number of carbonyl (C=O) groups is 2. The summed E-state index contributed by atoms with van der Waals surface area (Å²) in [6, 6.07) is 19.7. The highest BCUT2D eigenvalue weighted by Gasteiger charge is 2.12. The topological polar surface area (TPSA) is 76.7 Å². The SMILES string of the molecule is O=C(CCCc1ccc2c(c1)OCCO2)NCCC(=O)Nc1ccc2ccccc2c1. The molecule has 4 rings (SSSR count). The highest BCUT2D eigenvalue weighted by Crippen LogP contribution is 2.31. The molecule has 3 aromatic rings. The van der Waals surface area contributed by atoms with E-state index < -0.39 is 0 Å². The summed E-state index contributed by atoms with van der Waals surface area (Å²) in [5, 5.41) is 7.91. The molecule has 160 valence electrons. The first-order valence-electron chi connectivity index (χ1n) is 10.6. The molecule has 0 saturated heterocycles. The zero-order valence-corrected chi connectivity index (χ0v) is 17.4. The lowest BCUT2D eigenvalue weighted by Gasteiger charge is -2.18. The van der Waals surface area contributed by atoms with E-state index in [-0.39, 0.29) is 18.2 Å². The van der Waals surface area contributed by atoms with Gasteiger partial charge in [-0.3, -0.25) is 9.59 Å². The van der Waals surface area contributed by atoms with Gasteiger partial charge in [0.15, 0.2) is 11.5 Å². The summed E-state index contributed by atoms with van der Waals surface area (Å²) in [5.74, 6) is 1.38. The van der Waals surface area contributed by atoms with Gasteiger partial charge in [-0.2, -0.15) is 0 Å². The summed E-state index contributed by atoms with van der Waals surface area (Å²) in [6.45, 7) is 1.46. The van der Waals surface area contributed by atoms with E-state index in [1.807, 2.05) is 60.7 Å². The van der Waals surface area contributed by atoms with E-state index in [4.69, 9.17) is 9.47 Å². The number of amides is 2. The lowest BCUT2D eigenvalue weighted by molar-refractivity contribution is -0.121. The van der Waals surface area contributed by atoms with Crippen molar-refractivity contribution in [2.45, 2.75) is 25.7 Å². The third-order valence-corrected chi connectivity index (χ3v) is 5.18. The quantitative estimate of drug-likeness (QED) is 0.578. The minimum atomic E-state index is -0.119. The molecule has 0 fully saturated rings. The van der Waals surface area contributed by atoms with E-state index in [9.17, 15) is 9.59 Å². The zero-order chi connectivity index (χ0) is 21.5. The van der Waals surface area contributed by atoms with E-state index >= 15 is 0 Å². The second kappa shape index (κ2) is 9.98. The number of carbonyl (C=O) groups excluding carboxylic acids is 2. The fourth-order valence-corrected chi connectivity index (χ4v) is 3.59. The van der Waals surface area contributed by atoms with Crippen LogP contribution in [0.15, 0.2) is 60.7 Å². The van der Waals surface area contributed by atoms with Crippen molar-refractivity contribution >= 4 is 28.3 Å². The van der Waals surface area contributed by atoms with Gasteiger partial charge in [-0.25, -0.2) is 0 Å². The predicted molar refractivity (Wildman–Crippen MR) is 121 cm³/mol. The molecule has 3 aromatic carbocycles. The number of aryl methyl sites for hydroxylation is 1. The summed E-state index contributed by atoms with van der Waals surface area (Å²) in [4.78, 5) is 24.2. The number of ether oxygens (including phenoxy) is 2. The molecule has 1 aliphatic heterocycles. The third-order valence-electron chi connectivity index (χ3n) is 5.18. The fraction of sp³-hybridized carbons (Fsp3) is 0.280. The summed E-state index contributed by atoms with van der Waals surface area (Å²) in [6.07, 6.45) is 2.17. The molecular weight excluding hydrogens is 392 g/mol. The highest BCUT2D eigenvalue weighted by molar-refractivity contribution is 5.94. The van der Waals surface area contributed by atoms with Crippen molar-refractivity contribution in [2.24, 2.45) is 0 Å². The minimum absolute atomic E-state index is 0.0453. The third kappa shape index (κ3) is 5.75. The van der Waals surface area contributed by atoms with E-state index in [0.29, 0.717) is 26.2 Å². The van der Waals surface area contributed by atoms with Crippen LogP contribution >= 0.6 is 0 Å². The Morgan fingerprint density at radius 2 is 1.61 bits per heavy atom. The number of nitrogens with one attached hydrogen (secondary N) is 2. The minimum Gasteiger partial charge on any atom is -0.486 e. The average Bonchev–Trinajstić information content (AvgIpc) is 2.79. The van der Waals surface area contributed by atoms with Crippen molar-refractivity contribution < 1.29 is 19.1 Å². The van der Waals surface area contributed by atoms with Crippen molar-refractivity contribution in [3.8, 4) is 11.5 Å². The first-order valence-corrected chi connectivity index (χ1v) is 10.6. The van der Waals surface area contributed by atoms with Crippen molar-refractivity contribution in [2.75, 3.05) is 25.1 Å². The Labute approximate surface area is 181 Å². The second-order valence-corrected chi connectivity index (χ2v) is 7.54. The second-order valence-electron chi connectivity index (χ2n) is 7.54. The highest BCUT2D eigenvalue weighted by atomic mass is 16.6. The molecule has 0 aliphatic carbocycles. The molecule has 31 heavy (non-hydrogen) atoms. The molecule has 2 N–H and O–H groups in total. The van der Waals surface area contributed by atoms with Crippen LogP contribution in [-0.4, -0.2) is 31.6 Å². The summed E-state index contributed by atoms with van der Waals surface area (Å²) >= 11 is 0. The van der Waals surface area contributed by atoms with Crippen LogP contribution in [0.2, 0.25) is 0 Å². The zero-order valence-electron chi connectivity index (χ0n) is 17.4. The number of hydrogen-bond donors (Lipinski definition) is 2. The average molecular weight is 418 g/mol. The van der Waals surface area contributed by atoms with Crippen LogP contribution in [0, 0.1) is 0 Å². The Hall–Kier alpha value is -3.54. The fourth-order valence-electron chi connectivity index (χ4n) is 3.59. The number of benzene rings is 3. The molecule has 0 aromatic heterocycles. The molecule has 0 radical (unpaired) electrons. The smallest absolute Gasteiger partial charge is 0.226 e. The Kier molecular flexibility index (Phi) is 6.67. The van der Waals surface area contributed by atoms with E-state index in [2.05, 4.69) is 10.6 Å². The molecule has 2 amide bonds. The predicted octanol–water partition coefficient (Wildman–Crippen LogP) is 4.08. The number of hydrogen-bond acceptors (Lipinski definition) is 4. The van der Waals surface area contributed by atoms with Gasteiger partial charge < -0.3 is 20.1 Å². The van der Waals surface area contributed by atoms with Crippen molar-refractivity contribution in [1.29, 1.82) is 0 Å². The lowest BCUT2D eigenvalue weighted by atomic mass is 10.1. The van der Waals surface area contributed by atoms with Gasteiger partial charge in [0.05, 0.1) is 0 Å². The van der Waals surface area contributed by atoms with Crippen LogP contribution in [-0.2, 0) is 16.0 Å². The Balaban J connectivity index is 1.15. The van der Waals surface area contributed by atoms with Crippen LogP contribution in [0.4, 0.5) is 5.69 Å². The van der Waals surface area contributed by atoms with Gasteiger partial charge in [0.1, 0.15) is 13.2 Å². The van der Waals surface area contributed by atoms with Crippen molar-refractivity contribution in [1.82, 2.24) is 5.32 Å².